The van der Waals surface area contributed by atoms with Gasteiger partial charge in [-0.3, -0.25) is 14.2 Å². The summed E-state index contributed by atoms with van der Waals surface area (Å²) in [6, 6.07) is 7.57. The molecule has 170 valence electrons. The molecule has 6 nitrogen and oxygen atoms in total. The van der Waals surface area contributed by atoms with E-state index in [2.05, 4.69) is 4.90 Å². The second-order valence-electron chi connectivity index (χ2n) is 8.69. The van der Waals surface area contributed by atoms with Gasteiger partial charge in [-0.15, -0.1) is 11.3 Å². The average molecular weight is 473 g/mol. The summed E-state index contributed by atoms with van der Waals surface area (Å²) >= 11 is 7.38. The molecule has 3 aromatic rings. The minimum atomic E-state index is -0.0538. The van der Waals surface area contributed by atoms with Crippen LogP contribution < -0.4 is 5.56 Å². The van der Waals surface area contributed by atoms with Crippen molar-refractivity contribution < 1.29 is 4.79 Å². The molecule has 0 unspecified atom stereocenters. The number of halogens is 1. The molecule has 1 aromatic carbocycles. The molecule has 0 radical (unpaired) electrons. The lowest BCUT2D eigenvalue weighted by Crippen LogP contribution is -2.36. The highest BCUT2D eigenvalue weighted by Crippen LogP contribution is 2.30. The van der Waals surface area contributed by atoms with Crippen molar-refractivity contribution in [3.8, 4) is 0 Å². The van der Waals surface area contributed by atoms with E-state index >= 15 is 0 Å². The lowest BCUT2D eigenvalue weighted by molar-refractivity contribution is 0.0736. The van der Waals surface area contributed by atoms with E-state index in [1.807, 2.05) is 54.8 Å². The molecule has 1 aliphatic rings. The summed E-state index contributed by atoms with van der Waals surface area (Å²) in [6.45, 7) is 4.41. The molecule has 1 amide bonds. The molecule has 1 aliphatic heterocycles. The van der Waals surface area contributed by atoms with Crippen LogP contribution in [0, 0.1) is 6.92 Å². The van der Waals surface area contributed by atoms with Crippen LogP contribution in [0.15, 0.2) is 29.1 Å². The Labute approximate surface area is 197 Å². The fourth-order valence-corrected chi connectivity index (χ4v) is 5.43. The molecule has 2 aromatic heterocycles. The van der Waals surface area contributed by atoms with E-state index in [4.69, 9.17) is 16.6 Å². The first-order chi connectivity index (χ1) is 15.3. The maximum absolute atomic E-state index is 13.7. The highest BCUT2D eigenvalue weighted by molar-refractivity contribution is 7.20. The normalized spacial score (nSPS) is 13.9. The Morgan fingerprint density at radius 1 is 1.16 bits per heavy atom. The fourth-order valence-electron chi connectivity index (χ4n) is 4.14. The first-order valence-electron chi connectivity index (χ1n) is 11.1. The number of hydrogen-bond acceptors (Lipinski definition) is 5. The maximum atomic E-state index is 13.7. The van der Waals surface area contributed by atoms with Gasteiger partial charge in [-0.1, -0.05) is 30.2 Å². The molecule has 0 N–H and O–H groups in total. The summed E-state index contributed by atoms with van der Waals surface area (Å²) in [7, 11) is 3.99. The number of carbonyl (C=O) groups is 1. The highest BCUT2D eigenvalue weighted by Gasteiger charge is 2.25. The number of aryl methyl sites for hydroxylation is 2. The van der Waals surface area contributed by atoms with E-state index < -0.39 is 0 Å². The van der Waals surface area contributed by atoms with Crippen LogP contribution in [0.3, 0.4) is 0 Å². The van der Waals surface area contributed by atoms with Gasteiger partial charge in [-0.25, -0.2) is 4.98 Å². The third-order valence-electron chi connectivity index (χ3n) is 6.00. The van der Waals surface area contributed by atoms with Crippen molar-refractivity contribution in [2.75, 3.05) is 27.2 Å². The topological polar surface area (TPSA) is 58.4 Å². The Morgan fingerprint density at radius 2 is 1.91 bits per heavy atom. The number of fused-ring (bicyclic) bond motifs is 2. The summed E-state index contributed by atoms with van der Waals surface area (Å²) in [6.07, 6.45) is 3.98. The number of benzene rings is 1. The average Bonchev–Trinajstić information content (AvgIpc) is 2.93. The molecule has 0 aliphatic carbocycles. The van der Waals surface area contributed by atoms with E-state index in [9.17, 15) is 9.59 Å². The Bertz CT molecular complexity index is 1180. The highest BCUT2D eigenvalue weighted by atomic mass is 35.5. The quantitative estimate of drug-likeness (QED) is 0.535. The number of aromatic nitrogens is 2. The Kier molecular flexibility index (Phi) is 6.98. The molecule has 0 spiro atoms. The summed E-state index contributed by atoms with van der Waals surface area (Å²) in [4.78, 5) is 37.0. The fraction of sp³-hybridized carbons (Fsp3) is 0.458. The number of likely N-dealkylation sites (N-methyl/N-ethyl adjacent to an activating group) is 1. The molecule has 0 atom stereocenters. The number of hydrogen-bond donors (Lipinski definition) is 0. The monoisotopic (exact) mass is 472 g/mol. The van der Waals surface area contributed by atoms with Crippen molar-refractivity contribution in [3.05, 3.63) is 61.5 Å². The van der Waals surface area contributed by atoms with Gasteiger partial charge in [-0.2, -0.15) is 0 Å². The van der Waals surface area contributed by atoms with Gasteiger partial charge in [0.2, 0.25) is 0 Å². The Balaban J connectivity index is 1.71. The number of amides is 1. The van der Waals surface area contributed by atoms with Gasteiger partial charge in [0.1, 0.15) is 10.7 Å². The van der Waals surface area contributed by atoms with Crippen LogP contribution in [-0.2, 0) is 19.5 Å². The van der Waals surface area contributed by atoms with Crippen molar-refractivity contribution in [1.82, 2.24) is 19.4 Å². The van der Waals surface area contributed by atoms with Crippen LogP contribution in [0.5, 0.6) is 0 Å². The molecular weight excluding hydrogens is 444 g/mol. The van der Waals surface area contributed by atoms with Gasteiger partial charge in [0.25, 0.3) is 11.5 Å². The largest absolute Gasteiger partial charge is 0.332 e. The van der Waals surface area contributed by atoms with Crippen LogP contribution >= 0.6 is 22.9 Å². The third-order valence-corrected chi connectivity index (χ3v) is 7.42. The number of rotatable bonds is 6. The molecule has 0 fully saturated rings. The minimum Gasteiger partial charge on any atom is -0.332 e. The van der Waals surface area contributed by atoms with Crippen LogP contribution in [0.2, 0.25) is 5.02 Å². The zero-order chi connectivity index (χ0) is 22.8. The van der Waals surface area contributed by atoms with Crippen molar-refractivity contribution in [3.63, 3.8) is 0 Å². The summed E-state index contributed by atoms with van der Waals surface area (Å²) in [5.74, 6) is 0.799. The second-order valence-corrected chi connectivity index (χ2v) is 10.1. The minimum absolute atomic E-state index is 0.00255. The van der Waals surface area contributed by atoms with Gasteiger partial charge in [0, 0.05) is 37.6 Å². The number of nitrogens with zero attached hydrogens (tertiary/aromatic N) is 4. The standard InChI is InChI=1S/C24H29ClN4O2S/c1-16-20-22(26-19-7-5-4-6-12-29(19)23(20)30)32-21(16)24(31)28(14-13-27(2)3)15-17-8-10-18(25)11-9-17/h8-11H,4-7,12-15H2,1-3H3. The molecule has 4 rings (SSSR count). The Hall–Kier alpha value is -2.22. The predicted octanol–water partition coefficient (Wildman–Crippen LogP) is 4.35. The number of carbonyl (C=O) groups excluding carboxylic acids is 1. The molecular formula is C24H29ClN4O2S. The number of thiophene rings is 1. The Morgan fingerprint density at radius 3 is 2.62 bits per heavy atom. The van der Waals surface area contributed by atoms with Crippen molar-refractivity contribution in [1.29, 1.82) is 0 Å². The summed E-state index contributed by atoms with van der Waals surface area (Å²) in [5.41, 5.74) is 1.76. The lowest BCUT2D eigenvalue weighted by Gasteiger charge is -2.24. The molecule has 8 heteroatoms. The first-order valence-corrected chi connectivity index (χ1v) is 12.3. The molecule has 0 bridgehead atoms. The van der Waals surface area contributed by atoms with Gasteiger partial charge < -0.3 is 9.80 Å². The van der Waals surface area contributed by atoms with Gasteiger partial charge in [0.15, 0.2) is 0 Å². The van der Waals surface area contributed by atoms with Crippen molar-refractivity contribution >= 4 is 39.1 Å². The maximum Gasteiger partial charge on any atom is 0.264 e. The van der Waals surface area contributed by atoms with Crippen molar-refractivity contribution in [2.45, 2.75) is 45.7 Å². The van der Waals surface area contributed by atoms with Gasteiger partial charge in [-0.05, 0) is 57.1 Å². The van der Waals surface area contributed by atoms with Crippen LogP contribution in [0.25, 0.3) is 10.2 Å². The SMILES string of the molecule is Cc1c(C(=O)N(CCN(C)C)Cc2ccc(Cl)cc2)sc2nc3n(c(=O)c12)CCCCC3. The first kappa shape index (κ1) is 23.0. The molecule has 32 heavy (non-hydrogen) atoms. The summed E-state index contributed by atoms with van der Waals surface area (Å²) in [5, 5.41) is 1.27. The van der Waals surface area contributed by atoms with Gasteiger partial charge >= 0.3 is 0 Å². The second kappa shape index (κ2) is 9.73. The van der Waals surface area contributed by atoms with E-state index in [-0.39, 0.29) is 11.5 Å². The lowest BCUT2D eigenvalue weighted by atomic mass is 10.1. The smallest absolute Gasteiger partial charge is 0.264 e. The third kappa shape index (κ3) is 4.75. The summed E-state index contributed by atoms with van der Waals surface area (Å²) < 4.78 is 1.82. The predicted molar refractivity (Wildman–Crippen MR) is 131 cm³/mol. The van der Waals surface area contributed by atoms with Crippen LogP contribution in [0.4, 0.5) is 0 Å². The zero-order valence-corrected chi connectivity index (χ0v) is 20.4. The van der Waals surface area contributed by atoms with E-state index in [1.165, 1.54) is 11.3 Å². The zero-order valence-electron chi connectivity index (χ0n) is 18.9. The van der Waals surface area contributed by atoms with E-state index in [0.29, 0.717) is 39.8 Å². The van der Waals surface area contributed by atoms with Crippen LogP contribution in [0.1, 0.15) is 45.9 Å². The molecule has 3 heterocycles. The van der Waals surface area contributed by atoms with E-state index in [0.717, 1.165) is 49.2 Å². The van der Waals surface area contributed by atoms with Gasteiger partial charge in [0.05, 0.1) is 10.3 Å². The van der Waals surface area contributed by atoms with E-state index in [1.54, 1.807) is 0 Å². The molecule has 0 saturated heterocycles. The molecule has 0 saturated carbocycles. The van der Waals surface area contributed by atoms with Crippen LogP contribution in [-0.4, -0.2) is 52.4 Å². The van der Waals surface area contributed by atoms with Crippen molar-refractivity contribution in [2.24, 2.45) is 0 Å².